The third kappa shape index (κ3) is 3.75. The van der Waals surface area contributed by atoms with Crippen molar-refractivity contribution < 1.29 is 9.53 Å². The summed E-state index contributed by atoms with van der Waals surface area (Å²) >= 11 is 0. The topological polar surface area (TPSA) is 69.9 Å². The number of hydrogen-bond acceptors (Lipinski definition) is 5. The van der Waals surface area contributed by atoms with Gasteiger partial charge >= 0.3 is 5.97 Å². The van der Waals surface area contributed by atoms with E-state index in [0.717, 1.165) is 31.2 Å². The van der Waals surface area contributed by atoms with E-state index in [9.17, 15) is 4.79 Å². The Bertz CT molecular complexity index is 635. The first-order chi connectivity index (χ1) is 11.3. The van der Waals surface area contributed by atoms with E-state index < -0.39 is 0 Å². The molecule has 1 unspecified atom stereocenters. The van der Waals surface area contributed by atoms with Gasteiger partial charge < -0.3 is 4.74 Å². The van der Waals surface area contributed by atoms with Crippen LogP contribution in [-0.2, 0) is 16.1 Å². The molecule has 122 valence electrons. The fourth-order valence-electron chi connectivity index (χ4n) is 3.23. The molecular weight excluding hydrogens is 292 g/mol. The third-order valence-electron chi connectivity index (χ3n) is 4.33. The molecule has 0 bridgehead atoms. The van der Waals surface area contributed by atoms with Crippen LogP contribution in [0.2, 0.25) is 0 Å². The van der Waals surface area contributed by atoms with E-state index in [1.807, 2.05) is 37.3 Å². The molecule has 1 aromatic heterocycles. The molecule has 1 aliphatic carbocycles. The second-order valence-corrected chi connectivity index (χ2v) is 5.94. The summed E-state index contributed by atoms with van der Waals surface area (Å²) in [7, 11) is 0. The molecule has 0 amide bonds. The maximum Gasteiger partial charge on any atom is 0.317 e. The van der Waals surface area contributed by atoms with Crippen LogP contribution in [0.25, 0.3) is 0 Å². The van der Waals surface area contributed by atoms with Gasteiger partial charge in [0.15, 0.2) is 5.82 Å². The van der Waals surface area contributed by atoms with Gasteiger partial charge in [-0.3, -0.25) is 4.79 Å². The van der Waals surface area contributed by atoms with Gasteiger partial charge in [-0.2, -0.15) is 4.80 Å². The number of hydrogen-bond donors (Lipinski definition) is 0. The maximum absolute atomic E-state index is 12.4. The lowest BCUT2D eigenvalue weighted by Gasteiger charge is -2.18. The molecule has 1 aliphatic rings. The molecule has 0 aliphatic heterocycles. The number of aromatic nitrogens is 4. The zero-order valence-electron chi connectivity index (χ0n) is 13.4. The van der Waals surface area contributed by atoms with Crippen molar-refractivity contribution in [1.29, 1.82) is 0 Å². The number of esters is 1. The molecule has 6 heteroatoms. The van der Waals surface area contributed by atoms with Gasteiger partial charge in [0, 0.05) is 0 Å². The standard InChI is InChI=1S/C17H22N4O2/c1-2-23-17(22)15(14-10-6-7-11-14)16-18-20-21(19-16)12-13-8-4-3-5-9-13/h3-5,8-9,14-15H,2,6-7,10-12H2,1H3. The van der Waals surface area contributed by atoms with Crippen LogP contribution in [0.3, 0.4) is 0 Å². The molecule has 2 aromatic rings. The molecule has 1 fully saturated rings. The Hall–Kier alpha value is -2.24. The normalized spacial score (nSPS) is 16.4. The largest absolute Gasteiger partial charge is 0.465 e. The highest BCUT2D eigenvalue weighted by Gasteiger charge is 2.36. The number of carbonyl (C=O) groups is 1. The minimum atomic E-state index is -0.387. The predicted octanol–water partition coefficient (Wildman–Crippen LogP) is 2.56. The summed E-state index contributed by atoms with van der Waals surface area (Å²) in [5.74, 6) is 0.148. The Labute approximate surface area is 135 Å². The summed E-state index contributed by atoms with van der Waals surface area (Å²) in [4.78, 5) is 13.9. The van der Waals surface area contributed by atoms with Crippen LogP contribution >= 0.6 is 0 Å². The van der Waals surface area contributed by atoms with Crippen molar-refractivity contribution in [1.82, 2.24) is 20.2 Å². The average Bonchev–Trinajstić information content (AvgIpc) is 3.22. The smallest absolute Gasteiger partial charge is 0.317 e. The van der Waals surface area contributed by atoms with E-state index in [4.69, 9.17) is 4.74 Å². The molecule has 0 N–H and O–H groups in total. The Kier molecular flexibility index (Phi) is 5.00. The van der Waals surface area contributed by atoms with Crippen molar-refractivity contribution in [2.75, 3.05) is 6.61 Å². The van der Waals surface area contributed by atoms with Gasteiger partial charge in [-0.1, -0.05) is 43.2 Å². The zero-order chi connectivity index (χ0) is 16.1. The number of tetrazole rings is 1. The second kappa shape index (κ2) is 7.35. The molecule has 1 atom stereocenters. The van der Waals surface area contributed by atoms with Gasteiger partial charge in [-0.05, 0) is 36.5 Å². The highest BCUT2D eigenvalue weighted by atomic mass is 16.5. The van der Waals surface area contributed by atoms with Crippen LogP contribution in [-0.4, -0.2) is 32.8 Å². The van der Waals surface area contributed by atoms with E-state index in [0.29, 0.717) is 19.0 Å². The van der Waals surface area contributed by atoms with Crippen LogP contribution in [0.5, 0.6) is 0 Å². The van der Waals surface area contributed by atoms with Crippen LogP contribution in [0.1, 0.15) is 49.9 Å². The molecule has 6 nitrogen and oxygen atoms in total. The van der Waals surface area contributed by atoms with Gasteiger partial charge in [0.2, 0.25) is 0 Å². The monoisotopic (exact) mass is 314 g/mol. The summed E-state index contributed by atoms with van der Waals surface area (Å²) in [6, 6.07) is 9.96. The van der Waals surface area contributed by atoms with E-state index >= 15 is 0 Å². The van der Waals surface area contributed by atoms with Gasteiger partial charge in [0.1, 0.15) is 5.92 Å². The van der Waals surface area contributed by atoms with Gasteiger partial charge in [-0.15, -0.1) is 10.2 Å². The predicted molar refractivity (Wildman–Crippen MR) is 84.7 cm³/mol. The number of rotatable bonds is 6. The summed E-state index contributed by atoms with van der Waals surface area (Å²) in [5, 5.41) is 12.7. The van der Waals surface area contributed by atoms with Crippen LogP contribution < -0.4 is 0 Å². The average molecular weight is 314 g/mol. The minimum absolute atomic E-state index is 0.223. The molecule has 0 saturated heterocycles. The molecule has 1 saturated carbocycles. The van der Waals surface area contributed by atoms with Crippen molar-refractivity contribution in [3.63, 3.8) is 0 Å². The van der Waals surface area contributed by atoms with Crippen molar-refractivity contribution in [3.8, 4) is 0 Å². The number of ether oxygens (including phenoxy) is 1. The van der Waals surface area contributed by atoms with E-state index in [1.54, 1.807) is 4.80 Å². The van der Waals surface area contributed by atoms with Crippen molar-refractivity contribution in [3.05, 3.63) is 41.7 Å². The maximum atomic E-state index is 12.4. The highest BCUT2D eigenvalue weighted by molar-refractivity contribution is 5.77. The molecule has 1 aromatic carbocycles. The summed E-state index contributed by atoms with van der Waals surface area (Å²) < 4.78 is 5.24. The lowest BCUT2D eigenvalue weighted by atomic mass is 9.90. The third-order valence-corrected chi connectivity index (χ3v) is 4.33. The lowest BCUT2D eigenvalue weighted by Crippen LogP contribution is -2.24. The summed E-state index contributed by atoms with van der Waals surface area (Å²) in [6.45, 7) is 2.75. The molecule has 3 rings (SSSR count). The van der Waals surface area contributed by atoms with Gasteiger partial charge in [0.25, 0.3) is 0 Å². The first kappa shape index (κ1) is 15.6. The summed E-state index contributed by atoms with van der Waals surface area (Å²) in [5.41, 5.74) is 1.10. The number of carbonyl (C=O) groups excluding carboxylic acids is 1. The second-order valence-electron chi connectivity index (χ2n) is 5.94. The fraction of sp³-hybridized carbons (Fsp3) is 0.529. The van der Waals surface area contributed by atoms with E-state index in [-0.39, 0.29) is 17.8 Å². The van der Waals surface area contributed by atoms with Crippen LogP contribution in [0, 0.1) is 5.92 Å². The quantitative estimate of drug-likeness (QED) is 0.766. The molecule has 0 spiro atoms. The molecule has 1 heterocycles. The number of nitrogens with zero attached hydrogens (tertiary/aromatic N) is 4. The molecule has 0 radical (unpaired) electrons. The number of benzene rings is 1. The van der Waals surface area contributed by atoms with E-state index in [1.165, 1.54) is 0 Å². The van der Waals surface area contributed by atoms with Gasteiger partial charge in [-0.25, -0.2) is 0 Å². The highest BCUT2D eigenvalue weighted by Crippen LogP contribution is 2.36. The van der Waals surface area contributed by atoms with Crippen LogP contribution in [0.15, 0.2) is 30.3 Å². The summed E-state index contributed by atoms with van der Waals surface area (Å²) in [6.07, 6.45) is 4.35. The first-order valence-corrected chi connectivity index (χ1v) is 8.26. The SMILES string of the molecule is CCOC(=O)C(c1nnn(Cc2ccccc2)n1)C1CCCC1. The Morgan fingerprint density at radius 1 is 1.30 bits per heavy atom. The van der Waals surface area contributed by atoms with Crippen molar-refractivity contribution >= 4 is 5.97 Å². The molecular formula is C17H22N4O2. The lowest BCUT2D eigenvalue weighted by molar-refractivity contribution is -0.146. The van der Waals surface area contributed by atoms with Crippen molar-refractivity contribution in [2.45, 2.75) is 45.1 Å². The fourth-order valence-corrected chi connectivity index (χ4v) is 3.23. The van der Waals surface area contributed by atoms with Crippen LogP contribution in [0.4, 0.5) is 0 Å². The minimum Gasteiger partial charge on any atom is -0.465 e. The Morgan fingerprint density at radius 3 is 2.74 bits per heavy atom. The van der Waals surface area contributed by atoms with Gasteiger partial charge in [0.05, 0.1) is 13.2 Å². The molecule has 23 heavy (non-hydrogen) atoms. The van der Waals surface area contributed by atoms with Crippen molar-refractivity contribution in [2.24, 2.45) is 5.92 Å². The Morgan fingerprint density at radius 2 is 2.04 bits per heavy atom. The first-order valence-electron chi connectivity index (χ1n) is 8.26. The Balaban J connectivity index is 1.78. The zero-order valence-corrected chi connectivity index (χ0v) is 13.4. The van der Waals surface area contributed by atoms with E-state index in [2.05, 4.69) is 15.4 Å².